The lowest BCUT2D eigenvalue weighted by atomic mass is 10.1. The summed E-state index contributed by atoms with van der Waals surface area (Å²) >= 11 is 0. The highest BCUT2D eigenvalue weighted by Gasteiger charge is 2.20. The van der Waals surface area contributed by atoms with Gasteiger partial charge in [0.25, 0.3) is 0 Å². The van der Waals surface area contributed by atoms with Gasteiger partial charge in [-0.2, -0.15) is 15.0 Å². The second-order valence-electron chi connectivity index (χ2n) is 7.71. The molecule has 30 heavy (non-hydrogen) atoms. The quantitative estimate of drug-likeness (QED) is 0.651. The van der Waals surface area contributed by atoms with Crippen molar-refractivity contribution >= 4 is 22.8 Å². The highest BCUT2D eigenvalue weighted by atomic mass is 16.5. The smallest absolute Gasteiger partial charge is 0.230 e. The van der Waals surface area contributed by atoms with Crippen LogP contribution in [0.15, 0.2) is 30.3 Å². The largest absolute Gasteiger partial charge is 0.378 e. The highest BCUT2D eigenvalue weighted by Crippen LogP contribution is 2.20. The number of aryl methyl sites for hydroxylation is 1. The summed E-state index contributed by atoms with van der Waals surface area (Å²) in [5.41, 5.74) is 3.20. The van der Waals surface area contributed by atoms with Gasteiger partial charge in [-0.05, 0) is 30.7 Å². The monoisotopic (exact) mass is 406 g/mol. The zero-order valence-electron chi connectivity index (χ0n) is 17.3. The van der Waals surface area contributed by atoms with Crippen molar-refractivity contribution in [2.24, 2.45) is 0 Å². The van der Waals surface area contributed by atoms with E-state index in [1.165, 1.54) is 5.56 Å². The average molecular weight is 406 g/mol. The van der Waals surface area contributed by atoms with Crippen LogP contribution >= 0.6 is 0 Å². The molecule has 0 aliphatic carbocycles. The standard InChI is InChI=1S/C22H26N6O2/c1-16-2-4-18-14-17(3-5-19(18)23-16)15-20-24-21(27-6-10-29-11-7-27)26-22(25-20)28-8-12-30-13-9-28/h2-5,14H,6-13,15H2,1H3. The fraction of sp³-hybridized carbons (Fsp3) is 0.455. The molecule has 0 amide bonds. The molecule has 2 aliphatic heterocycles. The molecule has 2 aromatic heterocycles. The third kappa shape index (κ3) is 4.20. The van der Waals surface area contributed by atoms with Gasteiger partial charge in [0, 0.05) is 43.7 Å². The number of hydrogen-bond acceptors (Lipinski definition) is 8. The van der Waals surface area contributed by atoms with Crippen molar-refractivity contribution in [3.8, 4) is 0 Å². The maximum atomic E-state index is 5.50. The molecule has 8 nitrogen and oxygen atoms in total. The van der Waals surface area contributed by atoms with E-state index in [1.807, 2.05) is 13.0 Å². The topological polar surface area (TPSA) is 76.5 Å². The number of benzene rings is 1. The molecule has 0 spiro atoms. The third-order valence-electron chi connectivity index (χ3n) is 5.50. The predicted molar refractivity (Wildman–Crippen MR) is 115 cm³/mol. The molecule has 5 rings (SSSR count). The van der Waals surface area contributed by atoms with Crippen molar-refractivity contribution < 1.29 is 9.47 Å². The molecule has 0 radical (unpaired) electrons. The first-order valence-corrected chi connectivity index (χ1v) is 10.5. The van der Waals surface area contributed by atoms with Gasteiger partial charge in [-0.1, -0.05) is 12.1 Å². The lowest BCUT2D eigenvalue weighted by molar-refractivity contribution is 0.121. The van der Waals surface area contributed by atoms with Crippen LogP contribution in [0.4, 0.5) is 11.9 Å². The molecule has 2 fully saturated rings. The van der Waals surface area contributed by atoms with E-state index in [2.05, 4.69) is 39.0 Å². The summed E-state index contributed by atoms with van der Waals surface area (Å²) < 4.78 is 11.0. The molecule has 0 atom stereocenters. The van der Waals surface area contributed by atoms with Crippen molar-refractivity contribution in [3.63, 3.8) is 0 Å². The van der Waals surface area contributed by atoms with Crippen molar-refractivity contribution in [1.82, 2.24) is 19.9 Å². The highest BCUT2D eigenvalue weighted by molar-refractivity contribution is 5.79. The van der Waals surface area contributed by atoms with Crippen molar-refractivity contribution in [2.45, 2.75) is 13.3 Å². The lowest BCUT2D eigenvalue weighted by Gasteiger charge is -2.30. The Kier molecular flexibility index (Phi) is 5.42. The number of rotatable bonds is 4. The van der Waals surface area contributed by atoms with E-state index in [-0.39, 0.29) is 0 Å². The van der Waals surface area contributed by atoms with Gasteiger partial charge in [-0.25, -0.2) is 0 Å². The molecular formula is C22H26N6O2. The first-order valence-electron chi connectivity index (χ1n) is 10.5. The van der Waals surface area contributed by atoms with E-state index in [9.17, 15) is 0 Å². The molecular weight excluding hydrogens is 380 g/mol. The van der Waals surface area contributed by atoms with Gasteiger partial charge in [0.2, 0.25) is 11.9 Å². The molecule has 0 bridgehead atoms. The van der Waals surface area contributed by atoms with E-state index >= 15 is 0 Å². The number of morpholine rings is 2. The average Bonchev–Trinajstić information content (AvgIpc) is 2.80. The van der Waals surface area contributed by atoms with Crippen LogP contribution < -0.4 is 9.80 Å². The zero-order chi connectivity index (χ0) is 20.3. The summed E-state index contributed by atoms with van der Waals surface area (Å²) in [6.45, 7) is 8.00. The molecule has 2 saturated heterocycles. The summed E-state index contributed by atoms with van der Waals surface area (Å²) in [7, 11) is 0. The Labute approximate surface area is 175 Å². The normalized spacial score (nSPS) is 17.5. The number of pyridine rings is 1. The third-order valence-corrected chi connectivity index (χ3v) is 5.50. The molecule has 0 unspecified atom stereocenters. The molecule has 3 aromatic rings. The second kappa shape index (κ2) is 8.49. The van der Waals surface area contributed by atoms with E-state index in [1.54, 1.807) is 0 Å². The van der Waals surface area contributed by atoms with Crippen molar-refractivity contribution in [3.05, 3.63) is 47.4 Å². The predicted octanol–water partition coefficient (Wildman–Crippen LogP) is 1.99. The van der Waals surface area contributed by atoms with Crippen LogP contribution in [0.25, 0.3) is 10.9 Å². The first kappa shape index (κ1) is 19.1. The fourth-order valence-corrected chi connectivity index (χ4v) is 3.85. The molecule has 8 heteroatoms. The van der Waals surface area contributed by atoms with E-state index in [4.69, 9.17) is 24.4 Å². The summed E-state index contributed by atoms with van der Waals surface area (Å²) in [5, 5.41) is 1.13. The van der Waals surface area contributed by atoms with Crippen LogP contribution in [0.2, 0.25) is 0 Å². The first-order chi connectivity index (χ1) is 14.7. The Balaban J connectivity index is 1.47. The van der Waals surface area contributed by atoms with Gasteiger partial charge in [-0.3, -0.25) is 4.98 Å². The van der Waals surface area contributed by atoms with Gasteiger partial charge in [-0.15, -0.1) is 0 Å². The number of fused-ring (bicyclic) bond motifs is 1. The van der Waals surface area contributed by atoms with Gasteiger partial charge >= 0.3 is 0 Å². The molecule has 4 heterocycles. The maximum Gasteiger partial charge on any atom is 0.230 e. The second-order valence-corrected chi connectivity index (χ2v) is 7.71. The van der Waals surface area contributed by atoms with Crippen LogP contribution in [0.3, 0.4) is 0 Å². The molecule has 0 saturated carbocycles. The summed E-state index contributed by atoms with van der Waals surface area (Å²) in [6.07, 6.45) is 0.654. The number of aromatic nitrogens is 4. The van der Waals surface area contributed by atoms with Gasteiger partial charge < -0.3 is 19.3 Å². The van der Waals surface area contributed by atoms with Crippen LogP contribution in [-0.2, 0) is 15.9 Å². The van der Waals surface area contributed by atoms with E-state index in [0.717, 1.165) is 60.5 Å². The zero-order valence-corrected chi connectivity index (χ0v) is 17.3. The molecule has 0 N–H and O–H groups in total. The van der Waals surface area contributed by atoms with Crippen LogP contribution in [-0.4, -0.2) is 72.5 Å². The van der Waals surface area contributed by atoms with Gasteiger partial charge in [0.15, 0.2) is 0 Å². The Bertz CT molecular complexity index is 995. The number of ether oxygens (including phenoxy) is 2. The Hall–Kier alpha value is -2.84. The van der Waals surface area contributed by atoms with Crippen LogP contribution in [0, 0.1) is 6.92 Å². The summed E-state index contributed by atoms with van der Waals surface area (Å²) in [6, 6.07) is 10.5. The molecule has 2 aliphatic rings. The Morgan fingerprint density at radius 3 is 2.03 bits per heavy atom. The van der Waals surface area contributed by atoms with Gasteiger partial charge in [0.05, 0.1) is 31.9 Å². The Morgan fingerprint density at radius 2 is 1.40 bits per heavy atom. The summed E-state index contributed by atoms with van der Waals surface area (Å²) in [4.78, 5) is 23.4. The van der Waals surface area contributed by atoms with Crippen LogP contribution in [0.5, 0.6) is 0 Å². The van der Waals surface area contributed by atoms with E-state index < -0.39 is 0 Å². The number of hydrogen-bond donors (Lipinski definition) is 0. The maximum absolute atomic E-state index is 5.50. The van der Waals surface area contributed by atoms with Crippen molar-refractivity contribution in [2.75, 3.05) is 62.4 Å². The minimum Gasteiger partial charge on any atom is -0.378 e. The minimum absolute atomic E-state index is 0.654. The molecule has 156 valence electrons. The lowest BCUT2D eigenvalue weighted by Crippen LogP contribution is -2.40. The fourth-order valence-electron chi connectivity index (χ4n) is 3.85. The number of nitrogens with zero attached hydrogens (tertiary/aromatic N) is 6. The number of anilines is 2. The van der Waals surface area contributed by atoms with Crippen LogP contribution in [0.1, 0.15) is 17.1 Å². The Morgan fingerprint density at radius 1 is 0.767 bits per heavy atom. The van der Waals surface area contributed by atoms with E-state index in [0.29, 0.717) is 32.8 Å². The SMILES string of the molecule is Cc1ccc2cc(Cc3nc(N4CCOCC4)nc(N4CCOCC4)n3)ccc2n1. The minimum atomic E-state index is 0.654. The summed E-state index contributed by atoms with van der Waals surface area (Å²) in [5.74, 6) is 2.26. The molecule has 1 aromatic carbocycles. The van der Waals surface area contributed by atoms with Crippen molar-refractivity contribution in [1.29, 1.82) is 0 Å². The van der Waals surface area contributed by atoms with Gasteiger partial charge in [0.1, 0.15) is 5.82 Å².